The first-order valence-electron chi connectivity index (χ1n) is 9.44. The molecule has 1 saturated heterocycles. The van der Waals surface area contributed by atoms with E-state index in [1.807, 2.05) is 32.6 Å². The van der Waals surface area contributed by atoms with Crippen molar-refractivity contribution in [2.24, 2.45) is 7.05 Å². The van der Waals surface area contributed by atoms with Gasteiger partial charge in [-0.25, -0.2) is 18.2 Å². The Morgan fingerprint density at radius 2 is 1.86 bits per heavy atom. The second-order valence-corrected chi connectivity index (χ2v) is 10.4. The summed E-state index contributed by atoms with van der Waals surface area (Å²) in [6, 6.07) is -0.100. The van der Waals surface area contributed by atoms with E-state index in [-0.39, 0.29) is 17.3 Å². The number of rotatable bonds is 2. The molecule has 1 aliphatic rings. The Bertz CT molecular complexity index is 1060. The van der Waals surface area contributed by atoms with Crippen molar-refractivity contribution in [1.82, 2.24) is 24.6 Å². The van der Waals surface area contributed by atoms with Gasteiger partial charge in [0.25, 0.3) is 0 Å². The Kier molecular flexibility index (Phi) is 5.22. The van der Waals surface area contributed by atoms with Crippen LogP contribution in [0.5, 0.6) is 0 Å². The predicted octanol–water partition coefficient (Wildman–Crippen LogP) is 1.52. The number of nitrogens with zero attached hydrogens (tertiary/aromatic N) is 6. The lowest BCUT2D eigenvalue weighted by atomic mass is 10.2. The molecule has 29 heavy (non-hydrogen) atoms. The lowest BCUT2D eigenvalue weighted by Gasteiger charge is -2.40. The number of aryl methyl sites for hydroxylation is 2. The predicted molar refractivity (Wildman–Crippen MR) is 109 cm³/mol. The Labute approximate surface area is 170 Å². The fraction of sp³-hybridized carbons (Fsp3) is 0.667. The molecule has 1 amide bonds. The largest absolute Gasteiger partial charge is 0.444 e. The molecule has 10 nitrogen and oxygen atoms in total. The summed E-state index contributed by atoms with van der Waals surface area (Å²) in [5.74, 6) is 0.509. The molecule has 2 aromatic heterocycles. The average molecular weight is 425 g/mol. The van der Waals surface area contributed by atoms with Crippen molar-refractivity contribution in [3.8, 4) is 0 Å². The fourth-order valence-corrected chi connectivity index (χ4v) is 3.94. The molecule has 3 rings (SSSR count). The highest BCUT2D eigenvalue weighted by atomic mass is 32.2. The first-order chi connectivity index (χ1) is 13.3. The average Bonchev–Trinajstić information content (AvgIpc) is 2.86. The molecule has 1 aliphatic heterocycles. The van der Waals surface area contributed by atoms with Gasteiger partial charge in [0.15, 0.2) is 5.82 Å². The summed E-state index contributed by atoms with van der Waals surface area (Å²) in [5, 5.41) is 4.16. The van der Waals surface area contributed by atoms with Crippen LogP contribution >= 0.6 is 0 Å². The maximum absolute atomic E-state index is 12.4. The molecule has 0 saturated carbocycles. The molecule has 0 aliphatic carbocycles. The van der Waals surface area contributed by atoms with Crippen molar-refractivity contribution in [1.29, 1.82) is 0 Å². The van der Waals surface area contributed by atoms with E-state index in [0.29, 0.717) is 42.2 Å². The van der Waals surface area contributed by atoms with Crippen LogP contribution in [-0.4, -0.2) is 76.7 Å². The molecule has 3 heterocycles. The second kappa shape index (κ2) is 7.12. The summed E-state index contributed by atoms with van der Waals surface area (Å²) in [7, 11) is -1.81. The molecule has 2 aromatic rings. The van der Waals surface area contributed by atoms with E-state index in [2.05, 4.69) is 15.1 Å². The van der Waals surface area contributed by atoms with Crippen molar-refractivity contribution >= 4 is 32.8 Å². The molecule has 1 atom stereocenters. The number of anilines is 1. The van der Waals surface area contributed by atoms with E-state index < -0.39 is 15.4 Å². The van der Waals surface area contributed by atoms with Gasteiger partial charge in [0.05, 0.1) is 5.69 Å². The number of hydrogen-bond acceptors (Lipinski definition) is 8. The molecule has 0 bridgehead atoms. The maximum atomic E-state index is 12.4. The van der Waals surface area contributed by atoms with Gasteiger partial charge < -0.3 is 14.5 Å². The van der Waals surface area contributed by atoms with E-state index in [1.54, 1.807) is 23.6 Å². The van der Waals surface area contributed by atoms with E-state index in [0.717, 1.165) is 6.26 Å². The third-order valence-corrected chi connectivity index (χ3v) is 5.54. The number of carbonyl (C=O) groups excluding carboxylic acids is 1. The fourth-order valence-electron chi connectivity index (χ4n) is 3.43. The highest BCUT2D eigenvalue weighted by Gasteiger charge is 2.33. The zero-order valence-corrected chi connectivity index (χ0v) is 18.7. The summed E-state index contributed by atoms with van der Waals surface area (Å²) in [6.45, 7) is 10.6. The van der Waals surface area contributed by atoms with Gasteiger partial charge in [-0.3, -0.25) is 4.68 Å². The standard InChI is InChI=1S/C18H28N6O4S/c1-11-10-23(17(25)28-18(3,4)5)8-9-24(11)15-14-13(12(2)21-22(14)6)19-16(20-15)29(7,26)27/h11H,8-10H2,1-7H3/t11-/m0/s1. The number of ether oxygens (including phenoxy) is 1. The van der Waals surface area contributed by atoms with Gasteiger partial charge in [0.1, 0.15) is 16.6 Å². The van der Waals surface area contributed by atoms with Crippen LogP contribution in [0.1, 0.15) is 33.4 Å². The molecule has 0 N–H and O–H groups in total. The van der Waals surface area contributed by atoms with Gasteiger partial charge in [-0.15, -0.1) is 0 Å². The van der Waals surface area contributed by atoms with Crippen LogP contribution in [-0.2, 0) is 21.6 Å². The van der Waals surface area contributed by atoms with Crippen LogP contribution in [0, 0.1) is 6.92 Å². The molecule has 0 spiro atoms. The summed E-state index contributed by atoms with van der Waals surface area (Å²) < 4.78 is 31.4. The summed E-state index contributed by atoms with van der Waals surface area (Å²) >= 11 is 0. The molecule has 1 fully saturated rings. The number of sulfone groups is 1. The van der Waals surface area contributed by atoms with Crippen molar-refractivity contribution in [3.63, 3.8) is 0 Å². The molecule has 0 radical (unpaired) electrons. The van der Waals surface area contributed by atoms with Crippen molar-refractivity contribution in [2.75, 3.05) is 30.8 Å². The van der Waals surface area contributed by atoms with Crippen LogP contribution in [0.3, 0.4) is 0 Å². The van der Waals surface area contributed by atoms with Gasteiger partial charge in [-0.05, 0) is 34.6 Å². The number of hydrogen-bond donors (Lipinski definition) is 0. The third kappa shape index (κ3) is 4.29. The third-order valence-electron chi connectivity index (χ3n) is 4.69. The SMILES string of the molecule is Cc1nn(C)c2c(N3CCN(C(=O)OC(C)(C)C)C[C@@H]3C)nc(S(C)(=O)=O)nc12. The van der Waals surface area contributed by atoms with Crippen molar-refractivity contribution < 1.29 is 17.9 Å². The summed E-state index contributed by atoms with van der Waals surface area (Å²) in [5.41, 5.74) is 1.26. The zero-order chi connectivity index (χ0) is 21.7. The van der Waals surface area contributed by atoms with Gasteiger partial charge in [-0.2, -0.15) is 10.1 Å². The first-order valence-corrected chi connectivity index (χ1v) is 11.3. The minimum atomic E-state index is -3.60. The molecule has 11 heteroatoms. The normalized spacial score (nSPS) is 18.4. The summed E-state index contributed by atoms with van der Waals surface area (Å²) in [6.07, 6.45) is 0.734. The maximum Gasteiger partial charge on any atom is 0.410 e. The zero-order valence-electron chi connectivity index (χ0n) is 17.9. The molecular weight excluding hydrogens is 396 g/mol. The summed E-state index contributed by atoms with van der Waals surface area (Å²) in [4.78, 5) is 24.7. The van der Waals surface area contributed by atoms with Gasteiger partial charge in [0, 0.05) is 39.0 Å². The molecule has 0 aromatic carbocycles. The van der Waals surface area contributed by atoms with Crippen LogP contribution in [0.2, 0.25) is 0 Å². The lowest BCUT2D eigenvalue weighted by molar-refractivity contribution is 0.0218. The van der Waals surface area contributed by atoms with Crippen LogP contribution in [0.15, 0.2) is 5.16 Å². The lowest BCUT2D eigenvalue weighted by Crippen LogP contribution is -2.55. The number of aromatic nitrogens is 4. The number of amides is 1. The number of carbonyl (C=O) groups is 1. The smallest absolute Gasteiger partial charge is 0.410 e. The van der Waals surface area contributed by atoms with Crippen LogP contribution < -0.4 is 4.90 Å². The topological polar surface area (TPSA) is 111 Å². The Hall–Kier alpha value is -2.43. The quantitative estimate of drug-likeness (QED) is 0.667. The minimum absolute atomic E-state index is 0.100. The first kappa shape index (κ1) is 21.3. The Morgan fingerprint density at radius 1 is 1.21 bits per heavy atom. The Morgan fingerprint density at radius 3 is 2.41 bits per heavy atom. The van der Waals surface area contributed by atoms with Gasteiger partial charge >= 0.3 is 6.09 Å². The van der Waals surface area contributed by atoms with E-state index >= 15 is 0 Å². The highest BCUT2D eigenvalue weighted by molar-refractivity contribution is 7.90. The molecule has 0 unspecified atom stereocenters. The minimum Gasteiger partial charge on any atom is -0.444 e. The molecule has 160 valence electrons. The second-order valence-electron chi connectivity index (χ2n) is 8.48. The van der Waals surface area contributed by atoms with E-state index in [9.17, 15) is 13.2 Å². The van der Waals surface area contributed by atoms with E-state index in [4.69, 9.17) is 4.74 Å². The van der Waals surface area contributed by atoms with E-state index in [1.165, 1.54) is 0 Å². The monoisotopic (exact) mass is 424 g/mol. The van der Waals surface area contributed by atoms with Crippen LogP contribution in [0.25, 0.3) is 11.0 Å². The van der Waals surface area contributed by atoms with Crippen LogP contribution in [0.4, 0.5) is 10.6 Å². The van der Waals surface area contributed by atoms with Gasteiger partial charge in [0.2, 0.25) is 15.0 Å². The number of piperazine rings is 1. The highest BCUT2D eigenvalue weighted by Crippen LogP contribution is 2.29. The van der Waals surface area contributed by atoms with Crippen molar-refractivity contribution in [3.05, 3.63) is 5.69 Å². The Balaban J connectivity index is 1.98. The van der Waals surface area contributed by atoms with Gasteiger partial charge in [-0.1, -0.05) is 0 Å². The van der Waals surface area contributed by atoms with Crippen molar-refractivity contribution in [2.45, 2.75) is 51.4 Å². The number of fused-ring (bicyclic) bond motifs is 1. The molecular formula is C18H28N6O4S.